The smallest absolute Gasteiger partial charge is 0.408 e. The van der Waals surface area contributed by atoms with Crippen molar-refractivity contribution in [2.24, 2.45) is 0 Å². The van der Waals surface area contributed by atoms with Crippen molar-refractivity contribution >= 4 is 22.0 Å². The summed E-state index contributed by atoms with van der Waals surface area (Å²) in [7, 11) is 0. The lowest BCUT2D eigenvalue weighted by atomic mass is 10.1. The molecule has 1 saturated carbocycles. The third-order valence-corrected chi connectivity index (χ3v) is 4.43. The number of hydrogen-bond donors (Lipinski definition) is 1. The molecule has 0 saturated heterocycles. The van der Waals surface area contributed by atoms with Crippen molar-refractivity contribution in [1.29, 1.82) is 0 Å². The summed E-state index contributed by atoms with van der Waals surface area (Å²) < 4.78 is 12.3. The van der Waals surface area contributed by atoms with Gasteiger partial charge in [-0.2, -0.15) is 0 Å². The van der Waals surface area contributed by atoms with Crippen LogP contribution in [0, 0.1) is 13.8 Å². The number of ether oxygens (including phenoxy) is 2. The van der Waals surface area contributed by atoms with Crippen molar-refractivity contribution in [2.75, 3.05) is 6.61 Å². The molecule has 0 radical (unpaired) electrons. The van der Waals surface area contributed by atoms with E-state index in [1.165, 1.54) is 0 Å². The predicted molar refractivity (Wildman–Crippen MR) is 90.4 cm³/mol. The van der Waals surface area contributed by atoms with E-state index in [0.29, 0.717) is 6.61 Å². The molecule has 0 atom stereocenters. The fraction of sp³-hybridized carbons (Fsp3) is 0.588. The number of alkyl carbamates (subject to hydrolysis) is 1. The van der Waals surface area contributed by atoms with E-state index in [9.17, 15) is 4.79 Å². The maximum Gasteiger partial charge on any atom is 0.408 e. The van der Waals surface area contributed by atoms with Crippen LogP contribution >= 0.6 is 15.9 Å². The van der Waals surface area contributed by atoms with Gasteiger partial charge in [0.25, 0.3) is 0 Å². The van der Waals surface area contributed by atoms with Crippen LogP contribution in [-0.4, -0.2) is 23.8 Å². The Morgan fingerprint density at radius 2 is 1.91 bits per heavy atom. The highest BCUT2D eigenvalue weighted by atomic mass is 79.9. The molecular weight excluding hydrogens is 346 g/mol. The van der Waals surface area contributed by atoms with Crippen LogP contribution in [0.3, 0.4) is 0 Å². The quantitative estimate of drug-likeness (QED) is 0.849. The van der Waals surface area contributed by atoms with Gasteiger partial charge in [0.2, 0.25) is 0 Å². The minimum Gasteiger partial charge on any atom is -0.491 e. The molecule has 0 aliphatic heterocycles. The largest absolute Gasteiger partial charge is 0.491 e. The first kappa shape index (κ1) is 17.1. The highest BCUT2D eigenvalue weighted by molar-refractivity contribution is 9.10. The minimum absolute atomic E-state index is 0.282. The lowest BCUT2D eigenvalue weighted by Gasteiger charge is -2.24. The Morgan fingerprint density at radius 1 is 1.27 bits per heavy atom. The Hall–Kier alpha value is -1.23. The van der Waals surface area contributed by atoms with E-state index < -0.39 is 5.60 Å². The van der Waals surface area contributed by atoms with E-state index in [2.05, 4.69) is 21.2 Å². The van der Waals surface area contributed by atoms with Crippen LogP contribution < -0.4 is 10.1 Å². The molecule has 1 aromatic rings. The Labute approximate surface area is 140 Å². The molecule has 22 heavy (non-hydrogen) atoms. The monoisotopic (exact) mass is 369 g/mol. The molecule has 4 nitrogen and oxygen atoms in total. The molecule has 122 valence electrons. The van der Waals surface area contributed by atoms with Gasteiger partial charge in [0, 0.05) is 4.47 Å². The molecule has 1 aliphatic rings. The van der Waals surface area contributed by atoms with Gasteiger partial charge in [-0.3, -0.25) is 0 Å². The first-order chi connectivity index (χ1) is 10.1. The van der Waals surface area contributed by atoms with Gasteiger partial charge in [0.1, 0.15) is 18.0 Å². The zero-order chi connectivity index (χ0) is 16.5. The second-order valence-electron chi connectivity index (χ2n) is 7.06. The summed E-state index contributed by atoms with van der Waals surface area (Å²) in [5.74, 6) is 0.859. The third kappa shape index (κ3) is 4.63. The van der Waals surface area contributed by atoms with Crippen molar-refractivity contribution in [3.63, 3.8) is 0 Å². The van der Waals surface area contributed by atoms with Gasteiger partial charge >= 0.3 is 6.09 Å². The molecule has 1 amide bonds. The predicted octanol–water partition coefficient (Wildman–Crippen LogP) is 4.50. The van der Waals surface area contributed by atoms with Crippen molar-refractivity contribution in [2.45, 2.75) is 58.6 Å². The second kappa shape index (κ2) is 6.11. The molecule has 1 aliphatic carbocycles. The summed E-state index contributed by atoms with van der Waals surface area (Å²) in [6.07, 6.45) is 1.46. The van der Waals surface area contributed by atoms with Gasteiger partial charge in [-0.15, -0.1) is 0 Å². The molecule has 1 N–H and O–H groups in total. The van der Waals surface area contributed by atoms with Crippen molar-refractivity contribution in [1.82, 2.24) is 5.32 Å². The van der Waals surface area contributed by atoms with Crippen molar-refractivity contribution < 1.29 is 14.3 Å². The van der Waals surface area contributed by atoms with Gasteiger partial charge in [-0.05, 0) is 70.7 Å². The third-order valence-electron chi connectivity index (χ3n) is 3.58. The zero-order valence-electron chi connectivity index (χ0n) is 13.9. The van der Waals surface area contributed by atoms with Crippen LogP contribution in [0.5, 0.6) is 5.75 Å². The fourth-order valence-corrected chi connectivity index (χ4v) is 2.56. The summed E-state index contributed by atoms with van der Waals surface area (Å²) >= 11 is 3.51. The molecule has 0 unspecified atom stereocenters. The highest BCUT2D eigenvalue weighted by Crippen LogP contribution is 2.37. The van der Waals surface area contributed by atoms with E-state index in [1.807, 2.05) is 46.8 Å². The lowest BCUT2D eigenvalue weighted by molar-refractivity contribution is 0.0477. The van der Waals surface area contributed by atoms with Crippen LogP contribution in [0.2, 0.25) is 0 Å². The molecule has 2 rings (SSSR count). The van der Waals surface area contributed by atoms with Gasteiger partial charge < -0.3 is 14.8 Å². The molecular formula is C17H24BrNO3. The zero-order valence-corrected chi connectivity index (χ0v) is 15.5. The van der Waals surface area contributed by atoms with Crippen LogP contribution in [0.4, 0.5) is 4.79 Å². The Bertz CT molecular complexity index is 574. The molecule has 0 spiro atoms. The van der Waals surface area contributed by atoms with Crippen LogP contribution in [0.15, 0.2) is 16.6 Å². The van der Waals surface area contributed by atoms with E-state index in [-0.39, 0.29) is 11.6 Å². The molecule has 0 heterocycles. The number of aryl methyl sites for hydroxylation is 2. The standard InChI is InChI=1S/C17H24BrNO3/c1-11-9-14(12(2)8-13(11)18)21-10-17(6-7-17)19-15(20)22-16(3,4)5/h8-9H,6-7,10H2,1-5H3,(H,19,20). The highest BCUT2D eigenvalue weighted by Gasteiger charge is 2.46. The van der Waals surface area contributed by atoms with E-state index >= 15 is 0 Å². The summed E-state index contributed by atoms with van der Waals surface area (Å²) in [5, 5.41) is 2.94. The number of carbonyl (C=O) groups is 1. The summed E-state index contributed by atoms with van der Waals surface area (Å²) in [6.45, 7) is 10.1. The molecule has 1 aromatic carbocycles. The lowest BCUT2D eigenvalue weighted by Crippen LogP contribution is -2.44. The summed E-state index contributed by atoms with van der Waals surface area (Å²) in [4.78, 5) is 11.9. The van der Waals surface area contributed by atoms with E-state index in [1.54, 1.807) is 0 Å². The maximum absolute atomic E-state index is 11.9. The minimum atomic E-state index is -0.486. The van der Waals surface area contributed by atoms with Gasteiger partial charge in [-0.25, -0.2) is 4.79 Å². The number of amides is 1. The Balaban J connectivity index is 1.94. The van der Waals surface area contributed by atoms with Crippen LogP contribution in [0.1, 0.15) is 44.7 Å². The number of hydrogen-bond acceptors (Lipinski definition) is 3. The number of benzene rings is 1. The van der Waals surface area contributed by atoms with Crippen molar-refractivity contribution in [3.05, 3.63) is 27.7 Å². The maximum atomic E-state index is 11.9. The number of halogens is 1. The second-order valence-corrected chi connectivity index (χ2v) is 7.92. The fourth-order valence-electron chi connectivity index (χ4n) is 2.10. The van der Waals surface area contributed by atoms with Gasteiger partial charge in [0.05, 0.1) is 5.54 Å². The topological polar surface area (TPSA) is 47.6 Å². The van der Waals surface area contributed by atoms with Gasteiger partial charge in [-0.1, -0.05) is 15.9 Å². The number of rotatable bonds is 4. The van der Waals surface area contributed by atoms with Crippen LogP contribution in [-0.2, 0) is 4.74 Å². The molecule has 0 bridgehead atoms. The normalized spacial score (nSPS) is 16.1. The van der Waals surface area contributed by atoms with Crippen LogP contribution in [0.25, 0.3) is 0 Å². The van der Waals surface area contributed by atoms with E-state index in [0.717, 1.165) is 34.2 Å². The number of carbonyl (C=O) groups excluding carboxylic acids is 1. The van der Waals surface area contributed by atoms with Crippen molar-refractivity contribution in [3.8, 4) is 5.75 Å². The SMILES string of the molecule is Cc1cc(OCC2(NC(=O)OC(C)(C)C)CC2)c(C)cc1Br. The average Bonchev–Trinajstić information content (AvgIpc) is 3.09. The first-order valence-corrected chi connectivity index (χ1v) is 8.30. The molecule has 1 fully saturated rings. The Morgan fingerprint density at radius 3 is 2.45 bits per heavy atom. The number of nitrogens with one attached hydrogen (secondary N) is 1. The first-order valence-electron chi connectivity index (χ1n) is 7.51. The summed E-state index contributed by atoms with van der Waals surface area (Å²) in [6, 6.07) is 4.06. The average molecular weight is 370 g/mol. The van der Waals surface area contributed by atoms with E-state index in [4.69, 9.17) is 9.47 Å². The molecule has 5 heteroatoms. The molecule has 0 aromatic heterocycles. The van der Waals surface area contributed by atoms with Gasteiger partial charge in [0.15, 0.2) is 0 Å². The Kier molecular flexibility index (Phi) is 4.76. The summed E-state index contributed by atoms with van der Waals surface area (Å²) in [5.41, 5.74) is 1.44.